The molecule has 0 aliphatic heterocycles. The molecule has 1 atom stereocenters. The minimum Gasteiger partial charge on any atom is -0.388 e. The van der Waals surface area contributed by atoms with E-state index < -0.39 is 0 Å². The topological polar surface area (TPSA) is 20.2 Å². The molecule has 0 aliphatic carbocycles. The number of hydrogen-bond donors (Lipinski definition) is 1. The van der Waals surface area contributed by atoms with Crippen LogP contribution in [-0.4, -0.2) is 5.11 Å². The Bertz CT molecular complexity index is 205. The second kappa shape index (κ2) is 3.17. The first-order valence-electron chi connectivity index (χ1n) is 3.47. The van der Waals surface area contributed by atoms with Gasteiger partial charge in [-0.15, -0.1) is 11.3 Å². The minimum absolute atomic E-state index is 0.250. The fourth-order valence-electron chi connectivity index (χ4n) is 0.911. The summed E-state index contributed by atoms with van der Waals surface area (Å²) < 4.78 is 0. The van der Waals surface area contributed by atoms with E-state index in [9.17, 15) is 5.11 Å². The lowest BCUT2D eigenvalue weighted by Gasteiger charge is -2.04. The predicted octanol–water partition coefficient (Wildman–Crippen LogP) is 2.50. The maximum atomic E-state index is 9.41. The fraction of sp³-hybridized carbons (Fsp3) is 0.500. The van der Waals surface area contributed by atoms with Gasteiger partial charge in [-0.3, -0.25) is 0 Å². The molecule has 0 bridgehead atoms. The molecule has 10 heavy (non-hydrogen) atoms. The van der Waals surface area contributed by atoms with Crippen molar-refractivity contribution in [1.29, 1.82) is 0 Å². The van der Waals surface area contributed by atoms with Crippen molar-refractivity contribution in [3.05, 3.63) is 21.9 Å². The highest BCUT2D eigenvalue weighted by molar-refractivity contribution is 7.10. The molecular weight excluding hydrogens is 144 g/mol. The van der Waals surface area contributed by atoms with Crippen LogP contribution in [0.5, 0.6) is 0 Å². The molecule has 0 aromatic carbocycles. The smallest absolute Gasteiger partial charge is 0.0882 e. The van der Waals surface area contributed by atoms with Gasteiger partial charge in [-0.1, -0.05) is 6.92 Å². The average Bonchev–Trinajstić information content (AvgIpc) is 2.34. The molecule has 2 heteroatoms. The van der Waals surface area contributed by atoms with Crippen molar-refractivity contribution in [2.45, 2.75) is 26.4 Å². The van der Waals surface area contributed by atoms with Gasteiger partial charge in [0.15, 0.2) is 0 Å². The van der Waals surface area contributed by atoms with Crippen LogP contribution >= 0.6 is 11.3 Å². The number of hydrogen-bond acceptors (Lipinski definition) is 2. The molecule has 0 amide bonds. The highest BCUT2D eigenvalue weighted by Gasteiger charge is 2.07. The van der Waals surface area contributed by atoms with Crippen LogP contribution < -0.4 is 0 Å². The van der Waals surface area contributed by atoms with Crippen molar-refractivity contribution < 1.29 is 5.11 Å². The van der Waals surface area contributed by atoms with Gasteiger partial charge in [0.25, 0.3) is 0 Å². The van der Waals surface area contributed by atoms with Gasteiger partial charge in [-0.2, -0.15) is 0 Å². The Hall–Kier alpha value is -0.340. The van der Waals surface area contributed by atoms with Gasteiger partial charge >= 0.3 is 0 Å². The summed E-state index contributed by atoms with van der Waals surface area (Å²) >= 11 is 1.63. The van der Waals surface area contributed by atoms with Crippen molar-refractivity contribution in [3.8, 4) is 0 Å². The minimum atomic E-state index is -0.250. The zero-order valence-electron chi connectivity index (χ0n) is 6.29. The number of aliphatic hydroxyl groups is 1. The van der Waals surface area contributed by atoms with E-state index in [1.165, 1.54) is 5.56 Å². The van der Waals surface area contributed by atoms with Crippen molar-refractivity contribution in [3.63, 3.8) is 0 Å². The Morgan fingerprint density at radius 1 is 1.70 bits per heavy atom. The molecule has 0 fully saturated rings. The molecule has 1 aromatic heterocycles. The third kappa shape index (κ3) is 1.39. The van der Waals surface area contributed by atoms with Gasteiger partial charge in [-0.05, 0) is 30.4 Å². The average molecular weight is 156 g/mol. The van der Waals surface area contributed by atoms with Crippen molar-refractivity contribution in [2.24, 2.45) is 0 Å². The van der Waals surface area contributed by atoms with Gasteiger partial charge in [0.1, 0.15) is 0 Å². The zero-order chi connectivity index (χ0) is 7.56. The summed E-state index contributed by atoms with van der Waals surface area (Å²) in [5.74, 6) is 0. The number of rotatable bonds is 2. The van der Waals surface area contributed by atoms with E-state index in [0.29, 0.717) is 0 Å². The van der Waals surface area contributed by atoms with E-state index in [-0.39, 0.29) is 6.10 Å². The first-order chi connectivity index (χ1) is 4.75. The standard InChI is InChI=1S/C8H12OS/c1-3-7(9)8-6(2)4-5-10-8/h4-5,7,9H,3H2,1-2H3/t7-/m1/s1. The molecule has 0 saturated heterocycles. The fourth-order valence-corrected chi connectivity index (χ4v) is 1.91. The van der Waals surface area contributed by atoms with Crippen LogP contribution in [0.15, 0.2) is 11.4 Å². The molecule has 56 valence electrons. The Labute approximate surface area is 65.3 Å². The highest BCUT2D eigenvalue weighted by atomic mass is 32.1. The van der Waals surface area contributed by atoms with Crippen molar-refractivity contribution >= 4 is 11.3 Å². The molecule has 0 aliphatic rings. The summed E-state index contributed by atoms with van der Waals surface area (Å²) in [7, 11) is 0. The Morgan fingerprint density at radius 2 is 2.40 bits per heavy atom. The van der Waals surface area contributed by atoms with Gasteiger partial charge in [0.05, 0.1) is 6.10 Å². The molecule has 1 heterocycles. The Balaban J connectivity index is 2.82. The molecule has 0 saturated carbocycles. The van der Waals surface area contributed by atoms with E-state index in [1.807, 2.05) is 25.3 Å². The number of aliphatic hydroxyl groups excluding tert-OH is 1. The lowest BCUT2D eigenvalue weighted by atomic mass is 10.2. The molecule has 0 spiro atoms. The third-order valence-electron chi connectivity index (χ3n) is 1.59. The second-order valence-corrected chi connectivity index (χ2v) is 3.34. The maximum Gasteiger partial charge on any atom is 0.0882 e. The Morgan fingerprint density at radius 3 is 2.80 bits per heavy atom. The van der Waals surface area contributed by atoms with Gasteiger partial charge in [0, 0.05) is 4.88 Å². The van der Waals surface area contributed by atoms with Crippen LogP contribution in [0.2, 0.25) is 0 Å². The molecular formula is C8H12OS. The van der Waals surface area contributed by atoms with Gasteiger partial charge in [-0.25, -0.2) is 0 Å². The largest absolute Gasteiger partial charge is 0.388 e. The normalized spacial score (nSPS) is 13.5. The quantitative estimate of drug-likeness (QED) is 0.697. The van der Waals surface area contributed by atoms with E-state index in [1.54, 1.807) is 11.3 Å². The van der Waals surface area contributed by atoms with Gasteiger partial charge in [0.2, 0.25) is 0 Å². The summed E-state index contributed by atoms with van der Waals surface area (Å²) in [6, 6.07) is 2.04. The van der Waals surface area contributed by atoms with Crippen LogP contribution in [0.3, 0.4) is 0 Å². The monoisotopic (exact) mass is 156 g/mol. The highest BCUT2D eigenvalue weighted by Crippen LogP contribution is 2.25. The molecule has 1 aromatic rings. The molecule has 0 radical (unpaired) electrons. The molecule has 0 unspecified atom stereocenters. The lowest BCUT2D eigenvalue weighted by Crippen LogP contribution is -1.92. The third-order valence-corrected chi connectivity index (χ3v) is 2.71. The lowest BCUT2D eigenvalue weighted by molar-refractivity contribution is 0.177. The SMILES string of the molecule is CC[C@@H](O)c1sccc1C. The summed E-state index contributed by atoms with van der Waals surface area (Å²) in [6.07, 6.45) is 0.557. The van der Waals surface area contributed by atoms with Crippen LogP contribution in [0, 0.1) is 6.92 Å². The number of aryl methyl sites for hydroxylation is 1. The van der Waals surface area contributed by atoms with Gasteiger partial charge < -0.3 is 5.11 Å². The number of thiophene rings is 1. The zero-order valence-corrected chi connectivity index (χ0v) is 7.11. The second-order valence-electron chi connectivity index (χ2n) is 2.39. The predicted molar refractivity (Wildman–Crippen MR) is 44.3 cm³/mol. The van der Waals surface area contributed by atoms with Crippen LogP contribution in [0.25, 0.3) is 0 Å². The molecule has 1 nitrogen and oxygen atoms in total. The summed E-state index contributed by atoms with van der Waals surface area (Å²) in [6.45, 7) is 4.02. The van der Waals surface area contributed by atoms with E-state index in [0.717, 1.165) is 11.3 Å². The maximum absolute atomic E-state index is 9.41. The van der Waals surface area contributed by atoms with Crippen LogP contribution in [0.4, 0.5) is 0 Å². The van der Waals surface area contributed by atoms with E-state index >= 15 is 0 Å². The first-order valence-corrected chi connectivity index (χ1v) is 4.35. The van der Waals surface area contributed by atoms with E-state index in [4.69, 9.17) is 0 Å². The Kier molecular flexibility index (Phi) is 2.46. The van der Waals surface area contributed by atoms with Crippen LogP contribution in [0.1, 0.15) is 29.9 Å². The summed E-state index contributed by atoms with van der Waals surface area (Å²) in [5.41, 5.74) is 1.21. The van der Waals surface area contributed by atoms with Crippen molar-refractivity contribution in [1.82, 2.24) is 0 Å². The van der Waals surface area contributed by atoms with E-state index in [2.05, 4.69) is 0 Å². The van der Waals surface area contributed by atoms with Crippen molar-refractivity contribution in [2.75, 3.05) is 0 Å². The molecule has 1 rings (SSSR count). The summed E-state index contributed by atoms with van der Waals surface area (Å²) in [5, 5.41) is 11.4. The molecule has 1 N–H and O–H groups in total. The summed E-state index contributed by atoms with van der Waals surface area (Å²) in [4.78, 5) is 1.11. The first kappa shape index (κ1) is 7.76. The van der Waals surface area contributed by atoms with Crippen LogP contribution in [-0.2, 0) is 0 Å².